The normalized spacial score (nSPS) is 21.3. The molecule has 21 heavy (non-hydrogen) atoms. The Morgan fingerprint density at radius 1 is 1.57 bits per heavy atom. The van der Waals surface area contributed by atoms with Crippen molar-refractivity contribution in [3.8, 4) is 0 Å². The monoisotopic (exact) mass is 311 g/mol. The number of nitrogens with one attached hydrogen (secondary N) is 1. The van der Waals surface area contributed by atoms with Gasteiger partial charge in [-0.15, -0.1) is 0 Å². The number of aliphatic hydroxyl groups excluding tert-OH is 1. The summed E-state index contributed by atoms with van der Waals surface area (Å²) in [7, 11) is 0. The molecular weight excluding hydrogens is 290 g/mol. The van der Waals surface area contributed by atoms with E-state index in [9.17, 15) is 9.90 Å². The van der Waals surface area contributed by atoms with Crippen LogP contribution in [-0.2, 0) is 4.74 Å². The molecule has 0 aliphatic heterocycles. The average Bonchev–Trinajstić information content (AvgIpc) is 2.94. The Morgan fingerprint density at radius 2 is 2.38 bits per heavy atom. The third kappa shape index (κ3) is 3.85. The van der Waals surface area contributed by atoms with Crippen molar-refractivity contribution in [3.63, 3.8) is 0 Å². The Kier molecular flexibility index (Phi) is 5.81. The molecule has 1 aliphatic carbocycles. The number of thioether (sulfide) groups is 1. The Labute approximate surface area is 128 Å². The number of aromatic nitrogens is 2. The molecule has 116 valence electrons. The molecule has 6 nitrogen and oxygen atoms in total. The fraction of sp³-hybridized carbons (Fsp3) is 0.643. The minimum absolute atomic E-state index is 0.132. The number of carbonyl (C=O) groups is 1. The van der Waals surface area contributed by atoms with E-state index in [1.807, 2.05) is 6.26 Å². The highest BCUT2D eigenvalue weighted by Crippen LogP contribution is 2.29. The van der Waals surface area contributed by atoms with Crippen LogP contribution in [-0.4, -0.2) is 46.6 Å². The minimum Gasteiger partial charge on any atom is -0.462 e. The summed E-state index contributed by atoms with van der Waals surface area (Å²) in [6.07, 6.45) is 6.41. The van der Waals surface area contributed by atoms with Crippen LogP contribution in [0.5, 0.6) is 0 Å². The number of nitrogens with zero attached hydrogens (tertiary/aromatic N) is 2. The van der Waals surface area contributed by atoms with Crippen molar-refractivity contribution in [3.05, 3.63) is 11.8 Å². The second-order valence-electron chi connectivity index (χ2n) is 4.96. The van der Waals surface area contributed by atoms with Crippen LogP contribution >= 0.6 is 11.8 Å². The number of carbonyl (C=O) groups excluding carboxylic acids is 1. The first kappa shape index (κ1) is 16.0. The third-order valence-corrected chi connectivity index (χ3v) is 4.22. The van der Waals surface area contributed by atoms with E-state index in [0.717, 1.165) is 19.3 Å². The van der Waals surface area contributed by atoms with E-state index >= 15 is 0 Å². The van der Waals surface area contributed by atoms with Gasteiger partial charge in [-0.25, -0.2) is 14.8 Å². The van der Waals surface area contributed by atoms with Gasteiger partial charge in [0.05, 0.1) is 6.61 Å². The molecule has 0 radical (unpaired) electrons. The van der Waals surface area contributed by atoms with Gasteiger partial charge in [0, 0.05) is 24.8 Å². The number of aliphatic hydroxyl groups is 1. The van der Waals surface area contributed by atoms with Crippen LogP contribution in [0, 0.1) is 5.92 Å². The molecule has 7 heteroatoms. The lowest BCUT2D eigenvalue weighted by Crippen LogP contribution is -2.28. The molecule has 0 aromatic carbocycles. The van der Waals surface area contributed by atoms with Crippen LogP contribution in [0.2, 0.25) is 0 Å². The highest BCUT2D eigenvalue weighted by molar-refractivity contribution is 7.98. The molecular formula is C14H21N3O3S. The van der Waals surface area contributed by atoms with E-state index in [-0.39, 0.29) is 18.6 Å². The Balaban J connectivity index is 2.24. The topological polar surface area (TPSA) is 84.3 Å². The number of rotatable bonds is 6. The zero-order valence-electron chi connectivity index (χ0n) is 12.3. The van der Waals surface area contributed by atoms with Crippen LogP contribution in [0.4, 0.5) is 5.82 Å². The van der Waals surface area contributed by atoms with Crippen molar-refractivity contribution >= 4 is 23.5 Å². The fourth-order valence-corrected chi connectivity index (χ4v) is 2.89. The number of ether oxygens (including phenoxy) is 1. The highest BCUT2D eigenvalue weighted by atomic mass is 32.2. The van der Waals surface area contributed by atoms with Crippen LogP contribution in [0.25, 0.3) is 0 Å². The minimum atomic E-state index is -0.425. The molecule has 1 aliphatic rings. The molecule has 2 atom stereocenters. The zero-order valence-corrected chi connectivity index (χ0v) is 13.2. The molecule has 0 bridgehead atoms. The maximum atomic E-state index is 12.0. The van der Waals surface area contributed by atoms with Crippen molar-refractivity contribution in [1.82, 2.24) is 9.97 Å². The van der Waals surface area contributed by atoms with Gasteiger partial charge in [0.25, 0.3) is 0 Å². The van der Waals surface area contributed by atoms with Gasteiger partial charge in [0.1, 0.15) is 11.4 Å². The summed E-state index contributed by atoms with van der Waals surface area (Å²) in [5.41, 5.74) is 0.346. The SMILES string of the molecule is CCOC(=O)c1cnc(SC)nc1NC1CCCC1CO. The average molecular weight is 311 g/mol. The van der Waals surface area contributed by atoms with Crippen LogP contribution in [0.15, 0.2) is 11.4 Å². The molecule has 1 saturated carbocycles. The summed E-state index contributed by atoms with van der Waals surface area (Å²) >= 11 is 1.42. The first-order valence-electron chi connectivity index (χ1n) is 7.15. The van der Waals surface area contributed by atoms with Gasteiger partial charge >= 0.3 is 5.97 Å². The second kappa shape index (κ2) is 7.61. The first-order valence-corrected chi connectivity index (χ1v) is 8.37. The van der Waals surface area contributed by atoms with Crippen molar-refractivity contribution in [2.45, 2.75) is 37.4 Å². The molecule has 0 spiro atoms. The smallest absolute Gasteiger partial charge is 0.343 e. The first-order chi connectivity index (χ1) is 10.2. The maximum absolute atomic E-state index is 12.0. The molecule has 2 rings (SSSR count). The van der Waals surface area contributed by atoms with E-state index in [2.05, 4.69) is 15.3 Å². The predicted molar refractivity (Wildman–Crippen MR) is 81.6 cm³/mol. The Morgan fingerprint density at radius 3 is 3.05 bits per heavy atom. The molecule has 1 aromatic rings. The molecule has 2 N–H and O–H groups in total. The van der Waals surface area contributed by atoms with Crippen molar-refractivity contribution in [2.24, 2.45) is 5.92 Å². The van der Waals surface area contributed by atoms with Crippen LogP contribution in [0.3, 0.4) is 0 Å². The lowest BCUT2D eigenvalue weighted by Gasteiger charge is -2.21. The van der Waals surface area contributed by atoms with Gasteiger partial charge in [-0.3, -0.25) is 0 Å². The number of hydrogen-bond donors (Lipinski definition) is 2. The van der Waals surface area contributed by atoms with Crippen molar-refractivity contribution in [1.29, 1.82) is 0 Å². The van der Waals surface area contributed by atoms with E-state index in [0.29, 0.717) is 23.1 Å². The summed E-state index contributed by atoms with van der Waals surface area (Å²) in [4.78, 5) is 20.5. The fourth-order valence-electron chi connectivity index (χ4n) is 2.55. The van der Waals surface area contributed by atoms with E-state index in [1.165, 1.54) is 18.0 Å². The molecule has 0 amide bonds. The second-order valence-corrected chi connectivity index (χ2v) is 5.74. The van der Waals surface area contributed by atoms with Crippen LogP contribution in [0.1, 0.15) is 36.5 Å². The maximum Gasteiger partial charge on any atom is 0.343 e. The largest absolute Gasteiger partial charge is 0.462 e. The van der Waals surface area contributed by atoms with Gasteiger partial charge < -0.3 is 15.2 Å². The summed E-state index contributed by atoms with van der Waals surface area (Å²) < 4.78 is 5.04. The van der Waals surface area contributed by atoms with Gasteiger partial charge in [-0.2, -0.15) is 0 Å². The van der Waals surface area contributed by atoms with Crippen molar-refractivity contribution in [2.75, 3.05) is 24.8 Å². The molecule has 1 aromatic heterocycles. The van der Waals surface area contributed by atoms with Crippen molar-refractivity contribution < 1.29 is 14.6 Å². The quantitative estimate of drug-likeness (QED) is 0.472. The van der Waals surface area contributed by atoms with Gasteiger partial charge in [-0.05, 0) is 26.0 Å². The number of anilines is 1. The predicted octanol–water partition coefficient (Wildman–Crippen LogP) is 1.95. The lowest BCUT2D eigenvalue weighted by molar-refractivity contribution is 0.0526. The molecule has 0 saturated heterocycles. The van der Waals surface area contributed by atoms with Gasteiger partial charge in [0.15, 0.2) is 5.16 Å². The van der Waals surface area contributed by atoms with Crippen LogP contribution < -0.4 is 5.32 Å². The Hall–Kier alpha value is -1.34. The summed E-state index contributed by atoms with van der Waals surface area (Å²) in [6, 6.07) is 0.132. The molecule has 2 unspecified atom stereocenters. The zero-order chi connectivity index (χ0) is 15.2. The number of hydrogen-bond acceptors (Lipinski definition) is 7. The summed E-state index contributed by atoms with van der Waals surface area (Å²) in [5.74, 6) is 0.275. The lowest BCUT2D eigenvalue weighted by atomic mass is 10.1. The van der Waals surface area contributed by atoms with Gasteiger partial charge in [0.2, 0.25) is 0 Å². The summed E-state index contributed by atoms with van der Waals surface area (Å²) in [5, 5.41) is 13.3. The summed E-state index contributed by atoms with van der Waals surface area (Å²) in [6.45, 7) is 2.22. The van der Waals surface area contributed by atoms with Gasteiger partial charge in [-0.1, -0.05) is 18.2 Å². The standard InChI is InChI=1S/C14H21N3O3S/c1-3-20-13(19)10-7-15-14(21-2)17-12(10)16-11-6-4-5-9(11)8-18/h7,9,11,18H,3-6,8H2,1-2H3,(H,15,16,17). The van der Waals surface area contributed by atoms with E-state index in [4.69, 9.17) is 4.74 Å². The number of esters is 1. The van der Waals surface area contributed by atoms with E-state index in [1.54, 1.807) is 6.92 Å². The van der Waals surface area contributed by atoms with E-state index < -0.39 is 5.97 Å². The molecule has 1 heterocycles. The highest BCUT2D eigenvalue weighted by Gasteiger charge is 2.28. The Bertz CT molecular complexity index is 498. The third-order valence-electron chi connectivity index (χ3n) is 3.66. The molecule has 1 fully saturated rings.